The van der Waals surface area contributed by atoms with E-state index in [0.717, 1.165) is 6.61 Å². The lowest BCUT2D eigenvalue weighted by Crippen LogP contribution is -2.16. The maximum Gasteiger partial charge on any atom is 0.0494 e. The van der Waals surface area contributed by atoms with E-state index in [9.17, 15) is 0 Å². The summed E-state index contributed by atoms with van der Waals surface area (Å²) in [5.41, 5.74) is 2.59. The van der Waals surface area contributed by atoms with Crippen LogP contribution in [0.2, 0.25) is 0 Å². The second-order valence-corrected chi connectivity index (χ2v) is 4.41. The lowest BCUT2D eigenvalue weighted by atomic mass is 9.89. The molecule has 0 aliphatic rings. The molecular weight excluding hydrogens is 208 g/mol. The average molecular weight is 227 g/mol. The molecule has 0 radical (unpaired) electrons. The predicted octanol–water partition coefficient (Wildman–Crippen LogP) is 3.60. The van der Waals surface area contributed by atoms with Gasteiger partial charge in [-0.05, 0) is 18.4 Å². The number of methoxy groups -OCH3 is 1. The third kappa shape index (κ3) is 3.51. The number of benzene rings is 1. The van der Waals surface area contributed by atoms with Gasteiger partial charge in [0.1, 0.15) is 0 Å². The Morgan fingerprint density at radius 1 is 1.27 bits per heavy atom. The predicted molar refractivity (Wildman–Crippen MR) is 65.7 cm³/mol. The van der Waals surface area contributed by atoms with Crippen molar-refractivity contribution in [3.05, 3.63) is 35.4 Å². The van der Waals surface area contributed by atoms with Gasteiger partial charge in [-0.15, -0.1) is 11.6 Å². The van der Waals surface area contributed by atoms with E-state index < -0.39 is 0 Å². The zero-order valence-corrected chi connectivity index (χ0v) is 10.4. The number of hydrogen-bond acceptors (Lipinski definition) is 1. The first kappa shape index (κ1) is 12.5. The summed E-state index contributed by atoms with van der Waals surface area (Å²) in [6, 6.07) is 8.59. The molecule has 0 aliphatic carbocycles. The summed E-state index contributed by atoms with van der Waals surface area (Å²) in [6.07, 6.45) is 0. The minimum Gasteiger partial charge on any atom is -0.384 e. The molecule has 1 nitrogen and oxygen atoms in total. The van der Waals surface area contributed by atoms with Crippen LogP contribution >= 0.6 is 11.6 Å². The molecule has 84 valence electrons. The molecule has 0 fully saturated rings. The molecule has 0 aromatic heterocycles. The third-order valence-electron chi connectivity index (χ3n) is 2.79. The molecule has 1 aromatic rings. The van der Waals surface area contributed by atoms with Gasteiger partial charge in [0.15, 0.2) is 0 Å². The van der Waals surface area contributed by atoms with Crippen molar-refractivity contribution in [2.45, 2.75) is 19.8 Å². The summed E-state index contributed by atoms with van der Waals surface area (Å²) >= 11 is 6.02. The van der Waals surface area contributed by atoms with Crippen molar-refractivity contribution in [3.63, 3.8) is 0 Å². The van der Waals surface area contributed by atoms with Gasteiger partial charge in [-0.1, -0.05) is 36.8 Å². The van der Waals surface area contributed by atoms with Crippen LogP contribution in [0, 0.1) is 12.8 Å². The van der Waals surface area contributed by atoms with Crippen LogP contribution in [0.25, 0.3) is 0 Å². The van der Waals surface area contributed by atoms with Crippen molar-refractivity contribution in [2.24, 2.45) is 5.92 Å². The Kier molecular flexibility index (Phi) is 5.13. The van der Waals surface area contributed by atoms with Gasteiger partial charge in [-0.25, -0.2) is 0 Å². The summed E-state index contributed by atoms with van der Waals surface area (Å²) < 4.78 is 5.17. The Bertz CT molecular complexity index is 281. The van der Waals surface area contributed by atoms with Gasteiger partial charge in [-0.3, -0.25) is 0 Å². The van der Waals surface area contributed by atoms with E-state index in [0.29, 0.717) is 17.7 Å². The van der Waals surface area contributed by atoms with E-state index in [1.54, 1.807) is 7.11 Å². The topological polar surface area (TPSA) is 9.23 Å². The number of halogens is 1. The lowest BCUT2D eigenvalue weighted by Gasteiger charge is -2.21. The van der Waals surface area contributed by atoms with Crippen molar-refractivity contribution in [2.75, 3.05) is 19.6 Å². The fraction of sp³-hybridized carbons (Fsp3) is 0.538. The second-order valence-electron chi connectivity index (χ2n) is 4.10. The number of rotatable bonds is 5. The smallest absolute Gasteiger partial charge is 0.0494 e. The molecule has 0 heterocycles. The van der Waals surface area contributed by atoms with Gasteiger partial charge < -0.3 is 4.74 Å². The summed E-state index contributed by atoms with van der Waals surface area (Å²) in [6.45, 7) is 5.03. The standard InChI is InChI=1S/C13H19ClO/c1-10-4-6-12(7-5-10)13(8-14)11(2)9-15-3/h4-7,11,13H,8-9H2,1-3H3. The zero-order valence-electron chi connectivity index (χ0n) is 9.66. The minimum atomic E-state index is 0.382. The van der Waals surface area contributed by atoms with Crippen molar-refractivity contribution >= 4 is 11.6 Å². The van der Waals surface area contributed by atoms with Crippen molar-refractivity contribution < 1.29 is 4.74 Å². The molecular formula is C13H19ClO. The molecule has 0 aliphatic heterocycles. The van der Waals surface area contributed by atoms with E-state index in [1.165, 1.54) is 11.1 Å². The highest BCUT2D eigenvalue weighted by Crippen LogP contribution is 2.26. The van der Waals surface area contributed by atoms with Crippen molar-refractivity contribution in [1.82, 2.24) is 0 Å². The largest absolute Gasteiger partial charge is 0.384 e. The Hall–Kier alpha value is -0.530. The molecule has 0 spiro atoms. The summed E-state index contributed by atoms with van der Waals surface area (Å²) in [4.78, 5) is 0. The molecule has 15 heavy (non-hydrogen) atoms. The first-order valence-electron chi connectivity index (χ1n) is 5.30. The maximum atomic E-state index is 6.02. The van der Waals surface area contributed by atoms with Crippen molar-refractivity contribution in [1.29, 1.82) is 0 Å². The van der Waals surface area contributed by atoms with E-state index in [2.05, 4.69) is 38.1 Å². The number of aryl methyl sites for hydroxylation is 1. The normalized spacial score (nSPS) is 14.9. The van der Waals surface area contributed by atoms with Crippen LogP contribution < -0.4 is 0 Å². The molecule has 2 unspecified atom stereocenters. The second kappa shape index (κ2) is 6.14. The SMILES string of the molecule is COCC(C)C(CCl)c1ccc(C)cc1. The van der Waals surface area contributed by atoms with Gasteiger partial charge >= 0.3 is 0 Å². The molecule has 1 aromatic carbocycles. The van der Waals surface area contributed by atoms with Crippen LogP contribution in [0.3, 0.4) is 0 Å². The van der Waals surface area contributed by atoms with E-state index in [-0.39, 0.29) is 0 Å². The molecule has 0 saturated heterocycles. The highest BCUT2D eigenvalue weighted by molar-refractivity contribution is 6.18. The lowest BCUT2D eigenvalue weighted by molar-refractivity contribution is 0.150. The molecule has 0 N–H and O–H groups in total. The van der Waals surface area contributed by atoms with Gasteiger partial charge in [0.05, 0.1) is 0 Å². The van der Waals surface area contributed by atoms with Crippen LogP contribution in [0.4, 0.5) is 0 Å². The maximum absolute atomic E-state index is 6.02. The molecule has 0 amide bonds. The van der Waals surface area contributed by atoms with E-state index >= 15 is 0 Å². The minimum absolute atomic E-state index is 0.382. The Labute approximate surface area is 97.4 Å². The molecule has 0 saturated carbocycles. The van der Waals surface area contributed by atoms with Crippen LogP contribution in [-0.2, 0) is 4.74 Å². The first-order valence-corrected chi connectivity index (χ1v) is 5.84. The van der Waals surface area contributed by atoms with Gasteiger partial charge in [-0.2, -0.15) is 0 Å². The Morgan fingerprint density at radius 3 is 2.33 bits per heavy atom. The molecule has 1 rings (SSSR count). The average Bonchev–Trinajstić information content (AvgIpc) is 2.22. The highest BCUT2D eigenvalue weighted by atomic mass is 35.5. The number of ether oxygens (including phenoxy) is 1. The quantitative estimate of drug-likeness (QED) is 0.698. The Morgan fingerprint density at radius 2 is 1.87 bits per heavy atom. The monoisotopic (exact) mass is 226 g/mol. The highest BCUT2D eigenvalue weighted by Gasteiger charge is 2.17. The van der Waals surface area contributed by atoms with Crippen LogP contribution in [0.5, 0.6) is 0 Å². The first-order chi connectivity index (χ1) is 7.19. The third-order valence-corrected chi connectivity index (χ3v) is 3.12. The van der Waals surface area contributed by atoms with Gasteiger partial charge in [0, 0.05) is 25.5 Å². The van der Waals surface area contributed by atoms with Crippen LogP contribution in [0.15, 0.2) is 24.3 Å². The van der Waals surface area contributed by atoms with Gasteiger partial charge in [0.2, 0.25) is 0 Å². The van der Waals surface area contributed by atoms with Crippen LogP contribution in [0.1, 0.15) is 24.0 Å². The fourth-order valence-corrected chi connectivity index (χ4v) is 2.24. The molecule has 0 bridgehead atoms. The molecule has 2 atom stereocenters. The molecule has 2 heteroatoms. The van der Waals surface area contributed by atoms with Crippen molar-refractivity contribution in [3.8, 4) is 0 Å². The van der Waals surface area contributed by atoms with E-state index in [1.807, 2.05) is 0 Å². The van der Waals surface area contributed by atoms with E-state index in [4.69, 9.17) is 16.3 Å². The zero-order chi connectivity index (χ0) is 11.3. The summed E-state index contributed by atoms with van der Waals surface area (Å²) in [5, 5.41) is 0. The summed E-state index contributed by atoms with van der Waals surface area (Å²) in [7, 11) is 1.73. The fourth-order valence-electron chi connectivity index (χ4n) is 1.76. The summed E-state index contributed by atoms with van der Waals surface area (Å²) in [5.74, 6) is 1.48. The number of hydrogen-bond donors (Lipinski definition) is 0. The van der Waals surface area contributed by atoms with Gasteiger partial charge in [0.25, 0.3) is 0 Å². The van der Waals surface area contributed by atoms with Crippen LogP contribution in [-0.4, -0.2) is 19.6 Å². The number of alkyl halides is 1. The Balaban J connectivity index is 2.77.